The van der Waals surface area contributed by atoms with Crippen LogP contribution in [0.15, 0.2) is 74.8 Å². The Morgan fingerprint density at radius 3 is 1.69 bits per heavy atom. The lowest BCUT2D eigenvalue weighted by Gasteiger charge is -2.31. The highest BCUT2D eigenvalue weighted by Gasteiger charge is 2.26. The van der Waals surface area contributed by atoms with Gasteiger partial charge in [-0.2, -0.15) is 8.61 Å². The van der Waals surface area contributed by atoms with Crippen LogP contribution >= 0.6 is 11.3 Å². The number of hydrogen-bond acceptors (Lipinski definition) is 18. The van der Waals surface area contributed by atoms with Crippen molar-refractivity contribution in [2.75, 3.05) is 112 Å². The number of nitrogens with zero attached hydrogens (tertiary/aromatic N) is 7. The molecule has 0 aliphatic carbocycles. The molecule has 352 valence electrons. The van der Waals surface area contributed by atoms with Gasteiger partial charge < -0.3 is 39.6 Å². The second kappa shape index (κ2) is 24.2. The van der Waals surface area contributed by atoms with Gasteiger partial charge in [0.1, 0.15) is 0 Å². The number of rotatable bonds is 19. The first kappa shape index (κ1) is 50.5. The minimum Gasteiger partial charge on any atom is -0.395 e. The van der Waals surface area contributed by atoms with Crippen LogP contribution in [0.5, 0.6) is 0 Å². The van der Waals surface area contributed by atoms with E-state index in [-0.39, 0.29) is 59.7 Å². The number of likely N-dealkylation sites (N-methyl/N-ethyl adjacent to an activating group) is 4. The molecule has 2 atom stereocenters. The number of ether oxygens (including phenoxy) is 2. The number of hydrogen-bond donors (Lipinski definition) is 4. The Kier molecular flexibility index (Phi) is 19.1. The molecule has 0 unspecified atom stereocenters. The number of amides is 2. The van der Waals surface area contributed by atoms with Crippen molar-refractivity contribution in [1.82, 2.24) is 28.7 Å². The van der Waals surface area contributed by atoms with Crippen molar-refractivity contribution in [1.29, 1.82) is 0 Å². The van der Waals surface area contributed by atoms with Gasteiger partial charge in [0.15, 0.2) is 28.8 Å². The quantitative estimate of drug-likeness (QED) is 0.0926. The number of anilines is 1. The Labute approximate surface area is 377 Å². The van der Waals surface area contributed by atoms with E-state index in [1.807, 2.05) is 0 Å². The van der Waals surface area contributed by atoms with Crippen LogP contribution in [-0.4, -0.2) is 193 Å². The Hall–Kier alpha value is -4.47. The fourth-order valence-electron chi connectivity index (χ4n) is 6.29. The molecule has 3 aliphatic rings. The summed E-state index contributed by atoms with van der Waals surface area (Å²) in [7, 11) is -1.13. The van der Waals surface area contributed by atoms with Gasteiger partial charge in [0.2, 0.25) is 20.0 Å². The highest BCUT2D eigenvalue weighted by molar-refractivity contribution is 7.89. The fourth-order valence-corrected chi connectivity index (χ4v) is 9.46. The third kappa shape index (κ3) is 14.0. The number of thiazole rings is 1. The van der Waals surface area contributed by atoms with Crippen LogP contribution in [-0.2, 0) is 55.3 Å². The minimum atomic E-state index is -3.78. The summed E-state index contributed by atoms with van der Waals surface area (Å²) in [4.78, 5) is 46.4. The number of aliphatic hydroxyl groups is 2. The Balaban J connectivity index is 0.000000259. The van der Waals surface area contributed by atoms with Crippen LogP contribution in [0.1, 0.15) is 28.8 Å². The third-order valence-corrected chi connectivity index (χ3v) is 14.9. The van der Waals surface area contributed by atoms with Gasteiger partial charge in [-0.25, -0.2) is 21.8 Å². The Morgan fingerprint density at radius 1 is 0.797 bits per heavy atom. The first-order valence-corrected chi connectivity index (χ1v) is 24.2. The highest BCUT2D eigenvalue weighted by atomic mass is 32.2. The second-order valence-corrected chi connectivity index (χ2v) is 20.2. The summed E-state index contributed by atoms with van der Waals surface area (Å²) >= 11 is 1.41. The molecule has 3 aliphatic heterocycles. The van der Waals surface area contributed by atoms with Crippen molar-refractivity contribution in [3.63, 3.8) is 0 Å². The molecule has 64 heavy (non-hydrogen) atoms. The van der Waals surface area contributed by atoms with Crippen molar-refractivity contribution < 1.29 is 55.8 Å². The number of sulfonamides is 2. The van der Waals surface area contributed by atoms with Crippen molar-refractivity contribution in [3.8, 4) is 0 Å². The highest BCUT2D eigenvalue weighted by Crippen LogP contribution is 2.22. The van der Waals surface area contributed by atoms with E-state index in [2.05, 4.69) is 42.8 Å². The van der Waals surface area contributed by atoms with E-state index < -0.39 is 31.9 Å². The van der Waals surface area contributed by atoms with E-state index in [1.54, 1.807) is 6.20 Å². The molecule has 2 aromatic carbocycles. The number of aliphatic hydroxyl groups excluding tert-OH is 2. The normalized spacial score (nSPS) is 19.1. The van der Waals surface area contributed by atoms with E-state index in [4.69, 9.17) is 29.4 Å². The summed E-state index contributed by atoms with van der Waals surface area (Å²) in [6, 6.07) is 11.6. The number of benzene rings is 2. The molecule has 0 radical (unpaired) electrons. The molecule has 0 bridgehead atoms. The molecular formula is C40H57N9O12S3. The molecule has 4 heterocycles. The molecule has 0 spiro atoms. The van der Waals surface area contributed by atoms with E-state index >= 15 is 0 Å². The second-order valence-electron chi connectivity index (χ2n) is 15.0. The van der Waals surface area contributed by atoms with Crippen molar-refractivity contribution in [2.24, 2.45) is 10.3 Å². The van der Waals surface area contributed by atoms with Gasteiger partial charge in [0.05, 0.1) is 49.4 Å². The maximum absolute atomic E-state index is 13.3. The van der Waals surface area contributed by atoms with E-state index in [0.29, 0.717) is 55.5 Å². The number of nitrogens with one attached hydrogen (secondary N) is 2. The predicted molar refractivity (Wildman–Crippen MR) is 238 cm³/mol. The maximum Gasteiger partial charge on any atom is 0.280 e. The molecule has 2 amide bonds. The number of aromatic nitrogens is 1. The van der Waals surface area contributed by atoms with Gasteiger partial charge in [-0.3, -0.25) is 19.8 Å². The van der Waals surface area contributed by atoms with Crippen LogP contribution in [0.3, 0.4) is 0 Å². The zero-order valence-electron chi connectivity index (χ0n) is 36.3. The number of oxime groups is 2. The fraction of sp³-hybridized carbons (Fsp3) is 0.525. The monoisotopic (exact) mass is 951 g/mol. The summed E-state index contributed by atoms with van der Waals surface area (Å²) in [6.07, 6.45) is 2.65. The molecule has 1 aromatic heterocycles. The summed E-state index contributed by atoms with van der Waals surface area (Å²) in [5.74, 6) is -0.964. The maximum atomic E-state index is 13.3. The number of carbonyl (C=O) groups is 2. The smallest absolute Gasteiger partial charge is 0.280 e. The number of carbonyl (C=O) groups excluding carboxylic acids is 2. The molecular weight excluding hydrogens is 895 g/mol. The average molecular weight is 952 g/mol. The van der Waals surface area contributed by atoms with Gasteiger partial charge in [-0.1, -0.05) is 34.6 Å². The van der Waals surface area contributed by atoms with Crippen LogP contribution in [0, 0.1) is 0 Å². The van der Waals surface area contributed by atoms with Crippen LogP contribution in [0.4, 0.5) is 5.13 Å². The topological polar surface area (TPSA) is 254 Å². The van der Waals surface area contributed by atoms with Crippen LogP contribution in [0.25, 0.3) is 0 Å². The first-order valence-electron chi connectivity index (χ1n) is 20.5. The zero-order chi connectivity index (χ0) is 46.3. The van der Waals surface area contributed by atoms with E-state index in [0.717, 1.165) is 46.2 Å². The largest absolute Gasteiger partial charge is 0.395 e. The Bertz CT molecular complexity index is 2260. The van der Waals surface area contributed by atoms with Gasteiger partial charge in [0.25, 0.3) is 11.8 Å². The molecule has 4 N–H and O–H groups in total. The molecule has 21 nitrogen and oxygen atoms in total. The van der Waals surface area contributed by atoms with Crippen molar-refractivity contribution in [2.45, 2.75) is 41.4 Å². The lowest BCUT2D eigenvalue weighted by atomic mass is 10.1. The lowest BCUT2D eigenvalue weighted by Crippen LogP contribution is -2.43. The molecule has 3 fully saturated rings. The van der Waals surface area contributed by atoms with Crippen LogP contribution in [0.2, 0.25) is 0 Å². The summed E-state index contributed by atoms with van der Waals surface area (Å²) in [5, 5.41) is 31.8. The predicted octanol–water partition coefficient (Wildman–Crippen LogP) is 0.207. The molecule has 24 heteroatoms. The average Bonchev–Trinajstić information content (AvgIpc) is 4.10. The molecule has 6 rings (SSSR count). The number of piperazine rings is 1. The zero-order valence-corrected chi connectivity index (χ0v) is 38.7. The molecule has 3 saturated heterocycles. The van der Waals surface area contributed by atoms with Gasteiger partial charge in [-0.05, 0) is 31.3 Å². The van der Waals surface area contributed by atoms with E-state index in [1.165, 1.54) is 81.0 Å². The first-order chi connectivity index (χ1) is 30.7. The molecule has 0 saturated carbocycles. The van der Waals surface area contributed by atoms with Gasteiger partial charge >= 0.3 is 0 Å². The van der Waals surface area contributed by atoms with Crippen LogP contribution < -0.4 is 10.6 Å². The summed E-state index contributed by atoms with van der Waals surface area (Å²) < 4.78 is 62.7. The summed E-state index contributed by atoms with van der Waals surface area (Å²) in [6.45, 7) is 6.12. The molecule has 3 aromatic rings. The van der Waals surface area contributed by atoms with E-state index in [9.17, 15) is 26.4 Å². The summed E-state index contributed by atoms with van der Waals surface area (Å²) in [5.41, 5.74) is 0.860. The SMILES string of the molecule is CN1CCN(Cc2cnc(NC(=O)/C(=N/O[C@@H]3CCOC3)c3ccc(S(=O)(=O)N(C)CCO)cc3)s2)CC1.CNC(=O)/C(=N/O[C@@H]1CCOC1)c1ccc(S(=O)(=O)N(C)CCO)cc1. The lowest BCUT2D eigenvalue weighted by molar-refractivity contribution is -0.114. The minimum absolute atomic E-state index is 0.000350. The Morgan fingerprint density at radius 2 is 1.27 bits per heavy atom. The van der Waals surface area contributed by atoms with Gasteiger partial charge in [-0.15, -0.1) is 11.3 Å². The third-order valence-electron chi connectivity index (χ3n) is 10.3. The standard InChI is InChI=1S/C24H34N6O6S2.C16H23N3O6S/c1-28-8-10-30(11-9-28)16-20-15-25-24(37-20)26-23(32)22(27-36-19-7-14-35-17-19)18-3-5-21(6-4-18)38(33,34)29(2)12-13-31;1-17-16(21)15(18-25-13-7-10-24-11-13)12-3-5-14(6-4-12)26(22,23)19(2)8-9-20/h3-6,15,19,31H,7-14,16-17H2,1-2H3,(H,25,26,32);3-6,13,20H,7-11H2,1-2H3,(H,17,21)/b27-22+;18-15+/t19-;13-/m11/s1. The van der Waals surface area contributed by atoms with Gasteiger partial charge in [0, 0.05) is 102 Å². The van der Waals surface area contributed by atoms with Crippen molar-refractivity contribution in [3.05, 3.63) is 70.7 Å². The van der Waals surface area contributed by atoms with Crippen molar-refractivity contribution >= 4 is 59.8 Å².